The van der Waals surface area contributed by atoms with E-state index in [0.717, 1.165) is 31.0 Å². The van der Waals surface area contributed by atoms with Crippen molar-refractivity contribution in [2.75, 3.05) is 29.9 Å². The highest BCUT2D eigenvalue weighted by Crippen LogP contribution is 2.35. The molecule has 1 saturated heterocycles. The van der Waals surface area contributed by atoms with Crippen molar-refractivity contribution < 1.29 is 32.4 Å². The monoisotopic (exact) mass is 465 g/mol. The SMILES string of the molecule is CC1CCCN(c2ccc(C(=O)OCC(=O)Nc3ccccc3C(F)(F)F)cc2[N+](=O)[O-])C1. The number of hydrogen-bond donors (Lipinski definition) is 1. The van der Waals surface area contributed by atoms with Gasteiger partial charge in [-0.2, -0.15) is 13.2 Å². The van der Waals surface area contributed by atoms with E-state index in [1.165, 1.54) is 24.3 Å². The molecule has 1 N–H and O–H groups in total. The fraction of sp³-hybridized carbons (Fsp3) is 0.364. The molecule has 8 nitrogen and oxygen atoms in total. The fourth-order valence-electron chi connectivity index (χ4n) is 3.71. The van der Waals surface area contributed by atoms with Gasteiger partial charge in [-0.1, -0.05) is 19.1 Å². The molecule has 1 aliphatic rings. The van der Waals surface area contributed by atoms with E-state index < -0.39 is 40.8 Å². The Hall–Kier alpha value is -3.63. The summed E-state index contributed by atoms with van der Waals surface area (Å²) in [7, 11) is 0. The minimum absolute atomic E-state index is 0.140. The number of alkyl halides is 3. The number of rotatable bonds is 6. The Kier molecular flexibility index (Phi) is 7.19. The van der Waals surface area contributed by atoms with E-state index in [1.807, 2.05) is 4.90 Å². The van der Waals surface area contributed by atoms with Crippen molar-refractivity contribution in [1.82, 2.24) is 0 Å². The molecule has 33 heavy (non-hydrogen) atoms. The molecule has 176 valence electrons. The zero-order valence-electron chi connectivity index (χ0n) is 17.7. The van der Waals surface area contributed by atoms with Gasteiger partial charge in [-0.15, -0.1) is 0 Å². The standard InChI is InChI=1S/C22H22F3N3O5/c1-14-5-4-10-27(12-14)18-9-8-15(11-19(18)28(31)32)21(30)33-13-20(29)26-17-7-3-2-6-16(17)22(23,24)25/h2-3,6-9,11,14H,4-5,10,12-13H2,1H3,(H,26,29). The van der Waals surface area contributed by atoms with Crippen LogP contribution in [0.5, 0.6) is 0 Å². The molecule has 0 aromatic heterocycles. The van der Waals surface area contributed by atoms with E-state index >= 15 is 0 Å². The second kappa shape index (κ2) is 9.88. The van der Waals surface area contributed by atoms with Crippen LogP contribution in [0.4, 0.5) is 30.2 Å². The lowest BCUT2D eigenvalue weighted by Crippen LogP contribution is -2.34. The molecule has 1 heterocycles. The molecule has 0 radical (unpaired) electrons. The second-order valence-corrected chi connectivity index (χ2v) is 7.82. The van der Waals surface area contributed by atoms with Gasteiger partial charge in [0.15, 0.2) is 6.61 Å². The van der Waals surface area contributed by atoms with Crippen LogP contribution < -0.4 is 10.2 Å². The molecule has 0 spiro atoms. The third-order valence-electron chi connectivity index (χ3n) is 5.25. The third-order valence-corrected chi connectivity index (χ3v) is 5.25. The summed E-state index contributed by atoms with van der Waals surface area (Å²) in [6, 6.07) is 8.29. The van der Waals surface area contributed by atoms with Gasteiger partial charge >= 0.3 is 12.1 Å². The van der Waals surface area contributed by atoms with E-state index in [4.69, 9.17) is 4.74 Å². The molecule has 11 heteroatoms. The number of hydrogen-bond acceptors (Lipinski definition) is 6. The summed E-state index contributed by atoms with van der Waals surface area (Å²) in [5, 5.41) is 13.6. The average Bonchev–Trinajstić information content (AvgIpc) is 2.76. The van der Waals surface area contributed by atoms with Crippen LogP contribution in [0.2, 0.25) is 0 Å². The summed E-state index contributed by atoms with van der Waals surface area (Å²) < 4.78 is 43.9. The van der Waals surface area contributed by atoms with Gasteiger partial charge < -0.3 is 15.0 Å². The van der Waals surface area contributed by atoms with Gasteiger partial charge in [0.05, 0.1) is 21.7 Å². The maximum absolute atomic E-state index is 13.0. The number of ether oxygens (including phenoxy) is 1. The van der Waals surface area contributed by atoms with Crippen molar-refractivity contribution in [3.05, 3.63) is 63.7 Å². The summed E-state index contributed by atoms with van der Waals surface area (Å²) in [6.07, 6.45) is -2.74. The number of esters is 1. The van der Waals surface area contributed by atoms with Gasteiger partial charge in [0, 0.05) is 19.2 Å². The van der Waals surface area contributed by atoms with E-state index in [9.17, 15) is 32.9 Å². The largest absolute Gasteiger partial charge is 0.452 e. The van der Waals surface area contributed by atoms with Crippen LogP contribution in [0.3, 0.4) is 0 Å². The van der Waals surface area contributed by atoms with E-state index in [0.29, 0.717) is 24.7 Å². The van der Waals surface area contributed by atoms with Crippen molar-refractivity contribution in [3.8, 4) is 0 Å². The number of nitrogens with one attached hydrogen (secondary N) is 1. The van der Waals surface area contributed by atoms with Crippen molar-refractivity contribution in [1.29, 1.82) is 0 Å². The Morgan fingerprint density at radius 1 is 1.24 bits per heavy atom. The molecule has 3 rings (SSSR count). The summed E-state index contributed by atoms with van der Waals surface area (Å²) >= 11 is 0. The molecule has 2 aromatic carbocycles. The van der Waals surface area contributed by atoms with Crippen molar-refractivity contribution in [3.63, 3.8) is 0 Å². The van der Waals surface area contributed by atoms with Crippen LogP contribution in [-0.4, -0.2) is 36.5 Å². The second-order valence-electron chi connectivity index (χ2n) is 7.82. The maximum Gasteiger partial charge on any atom is 0.418 e. The molecular weight excluding hydrogens is 443 g/mol. The number of anilines is 2. The first-order valence-electron chi connectivity index (χ1n) is 10.2. The molecule has 1 aliphatic heterocycles. The van der Waals surface area contributed by atoms with E-state index in [1.54, 1.807) is 0 Å². The van der Waals surface area contributed by atoms with Crippen LogP contribution in [0.15, 0.2) is 42.5 Å². The Labute approximate surface area is 187 Å². The molecule has 1 fully saturated rings. The summed E-state index contributed by atoms with van der Waals surface area (Å²) in [5.74, 6) is -1.60. The normalized spacial score (nSPS) is 16.2. The van der Waals surface area contributed by atoms with Crippen molar-refractivity contribution in [2.24, 2.45) is 5.92 Å². The fourth-order valence-corrected chi connectivity index (χ4v) is 3.71. The van der Waals surface area contributed by atoms with Crippen LogP contribution in [0, 0.1) is 16.0 Å². The van der Waals surface area contributed by atoms with Crippen molar-refractivity contribution >= 4 is 28.9 Å². The lowest BCUT2D eigenvalue weighted by Gasteiger charge is -2.32. The minimum Gasteiger partial charge on any atom is -0.452 e. The Morgan fingerprint density at radius 3 is 2.64 bits per heavy atom. The first-order chi connectivity index (χ1) is 15.6. The first kappa shape index (κ1) is 24.0. The van der Waals surface area contributed by atoms with E-state index in [-0.39, 0.29) is 11.3 Å². The number of para-hydroxylation sites is 1. The molecule has 2 aromatic rings. The van der Waals surface area contributed by atoms with E-state index in [2.05, 4.69) is 12.2 Å². The number of carbonyl (C=O) groups excluding carboxylic acids is 2. The number of piperidine rings is 1. The Bertz CT molecular complexity index is 1060. The molecular formula is C22H22F3N3O5. The highest BCUT2D eigenvalue weighted by molar-refractivity contribution is 5.96. The summed E-state index contributed by atoms with van der Waals surface area (Å²) in [6.45, 7) is 2.52. The van der Waals surface area contributed by atoms with Gasteiger partial charge in [-0.3, -0.25) is 14.9 Å². The Morgan fingerprint density at radius 2 is 1.97 bits per heavy atom. The van der Waals surface area contributed by atoms with Gasteiger partial charge in [-0.25, -0.2) is 4.79 Å². The molecule has 0 saturated carbocycles. The smallest absolute Gasteiger partial charge is 0.418 e. The number of nitrogens with zero attached hydrogens (tertiary/aromatic N) is 2. The quantitative estimate of drug-likeness (QED) is 0.379. The number of halogens is 3. The van der Waals surface area contributed by atoms with Gasteiger partial charge in [0.25, 0.3) is 11.6 Å². The highest BCUT2D eigenvalue weighted by Gasteiger charge is 2.33. The first-order valence-corrected chi connectivity index (χ1v) is 10.2. The lowest BCUT2D eigenvalue weighted by atomic mass is 9.99. The van der Waals surface area contributed by atoms with Crippen molar-refractivity contribution in [2.45, 2.75) is 25.9 Å². The number of amides is 1. The van der Waals surface area contributed by atoms with Gasteiger partial charge in [-0.05, 0) is 43.0 Å². The Balaban J connectivity index is 1.68. The molecule has 1 atom stereocenters. The topological polar surface area (TPSA) is 102 Å². The zero-order chi connectivity index (χ0) is 24.2. The number of nitro groups is 1. The summed E-state index contributed by atoms with van der Waals surface area (Å²) in [5.41, 5.74) is -1.52. The molecule has 0 bridgehead atoms. The predicted octanol–water partition coefficient (Wildman–Crippen LogP) is 4.65. The van der Waals surface area contributed by atoms with Gasteiger partial charge in [0.1, 0.15) is 5.69 Å². The lowest BCUT2D eigenvalue weighted by molar-refractivity contribution is -0.384. The number of nitro benzene ring substituents is 1. The van der Waals surface area contributed by atoms with Crippen LogP contribution in [0.25, 0.3) is 0 Å². The van der Waals surface area contributed by atoms with Crippen LogP contribution in [0.1, 0.15) is 35.7 Å². The molecule has 1 unspecified atom stereocenters. The van der Waals surface area contributed by atoms with Crippen LogP contribution in [-0.2, 0) is 15.7 Å². The average molecular weight is 465 g/mol. The summed E-state index contributed by atoms with van der Waals surface area (Å²) in [4.78, 5) is 37.2. The van der Waals surface area contributed by atoms with Gasteiger partial charge in [0.2, 0.25) is 0 Å². The molecule has 0 aliphatic carbocycles. The predicted molar refractivity (Wildman–Crippen MR) is 114 cm³/mol. The molecule has 1 amide bonds. The maximum atomic E-state index is 13.0. The number of carbonyl (C=O) groups is 2. The third kappa shape index (κ3) is 5.99. The highest BCUT2D eigenvalue weighted by atomic mass is 19.4. The minimum atomic E-state index is -4.67. The van der Waals surface area contributed by atoms with Crippen LogP contribution >= 0.6 is 0 Å². The zero-order valence-corrected chi connectivity index (χ0v) is 17.7. The number of benzene rings is 2.